The fourth-order valence-electron chi connectivity index (χ4n) is 1.12. The molecule has 0 aromatic carbocycles. The summed E-state index contributed by atoms with van der Waals surface area (Å²) in [5, 5.41) is 9.41. The van der Waals surface area contributed by atoms with Crippen molar-refractivity contribution in [1.29, 1.82) is 0 Å². The first-order valence-electron chi connectivity index (χ1n) is 4.51. The predicted molar refractivity (Wildman–Crippen MR) is 52.2 cm³/mol. The van der Waals surface area contributed by atoms with E-state index < -0.39 is 11.4 Å². The normalized spacial score (nSPS) is 10.3. The highest BCUT2D eigenvalue weighted by Crippen LogP contribution is 2.14. The van der Waals surface area contributed by atoms with Crippen LogP contribution in [0.5, 0.6) is 5.75 Å². The topological polar surface area (TPSA) is 76.7 Å². The molecule has 1 aromatic rings. The van der Waals surface area contributed by atoms with Gasteiger partial charge in [-0.25, -0.2) is 4.79 Å². The molecule has 0 aliphatic carbocycles. The van der Waals surface area contributed by atoms with Gasteiger partial charge in [-0.05, 0) is 13.8 Å². The van der Waals surface area contributed by atoms with Crippen molar-refractivity contribution in [3.63, 3.8) is 0 Å². The van der Waals surface area contributed by atoms with Gasteiger partial charge in [0.15, 0.2) is 5.78 Å². The summed E-state index contributed by atoms with van der Waals surface area (Å²) in [5.74, 6) is -0.693. The summed E-state index contributed by atoms with van der Waals surface area (Å²) in [6.07, 6.45) is 0. The molecule has 15 heavy (non-hydrogen) atoms. The maximum atomic E-state index is 11.4. The van der Waals surface area contributed by atoms with E-state index in [-0.39, 0.29) is 23.7 Å². The molecule has 0 amide bonds. The van der Waals surface area contributed by atoms with Crippen LogP contribution in [0.15, 0.2) is 15.3 Å². The third-order valence-electron chi connectivity index (χ3n) is 1.77. The van der Waals surface area contributed by atoms with E-state index in [4.69, 9.17) is 9.15 Å². The molecule has 0 spiro atoms. The first kappa shape index (κ1) is 11.5. The van der Waals surface area contributed by atoms with E-state index in [1.165, 1.54) is 13.0 Å². The van der Waals surface area contributed by atoms with Crippen LogP contribution in [-0.4, -0.2) is 24.1 Å². The van der Waals surface area contributed by atoms with Gasteiger partial charge in [-0.2, -0.15) is 0 Å². The summed E-state index contributed by atoms with van der Waals surface area (Å²) in [5.41, 5.74) is -1.19. The summed E-state index contributed by atoms with van der Waals surface area (Å²) in [6.45, 7) is 3.37. The first-order valence-corrected chi connectivity index (χ1v) is 4.51. The van der Waals surface area contributed by atoms with Crippen LogP contribution in [0.3, 0.4) is 0 Å². The van der Waals surface area contributed by atoms with Crippen LogP contribution in [0, 0.1) is 6.92 Å². The molecular weight excluding hydrogens is 200 g/mol. The SMILES string of the molecule is CCOCC(=O)c1c(O)cc(C)oc1=O. The number of ether oxygens (including phenoxy) is 1. The Bertz CT molecular complexity index is 418. The van der Waals surface area contributed by atoms with Crippen LogP contribution < -0.4 is 5.63 Å². The standard InChI is InChI=1S/C10H12O5/c1-3-14-5-8(12)9-7(11)4-6(2)15-10(9)13/h4,11H,3,5H2,1-2H3. The van der Waals surface area contributed by atoms with Crippen LogP contribution in [0.1, 0.15) is 23.0 Å². The lowest BCUT2D eigenvalue weighted by Crippen LogP contribution is -2.19. The zero-order valence-electron chi connectivity index (χ0n) is 8.57. The summed E-state index contributed by atoms with van der Waals surface area (Å²) in [4.78, 5) is 22.7. The Labute approximate surface area is 86.3 Å². The Morgan fingerprint density at radius 1 is 1.60 bits per heavy atom. The highest BCUT2D eigenvalue weighted by Gasteiger charge is 2.17. The van der Waals surface area contributed by atoms with Crippen molar-refractivity contribution in [2.45, 2.75) is 13.8 Å². The Morgan fingerprint density at radius 2 is 2.27 bits per heavy atom. The van der Waals surface area contributed by atoms with Crippen LogP contribution in [0.2, 0.25) is 0 Å². The fraction of sp³-hybridized carbons (Fsp3) is 0.400. The molecule has 1 N–H and O–H groups in total. The second-order valence-corrected chi connectivity index (χ2v) is 2.97. The number of carbonyl (C=O) groups excluding carboxylic acids is 1. The molecule has 1 heterocycles. The van der Waals surface area contributed by atoms with Crippen LogP contribution in [0.4, 0.5) is 0 Å². The molecule has 82 valence electrons. The molecule has 0 bridgehead atoms. The molecule has 1 aromatic heterocycles. The molecule has 0 radical (unpaired) electrons. The zero-order chi connectivity index (χ0) is 11.4. The number of hydrogen-bond acceptors (Lipinski definition) is 5. The average molecular weight is 212 g/mol. The van der Waals surface area contributed by atoms with Gasteiger partial charge in [0.2, 0.25) is 0 Å². The molecule has 0 saturated carbocycles. The van der Waals surface area contributed by atoms with Crippen LogP contribution in [0.25, 0.3) is 0 Å². The molecule has 1 rings (SSSR count). The lowest BCUT2D eigenvalue weighted by Gasteiger charge is -2.02. The van der Waals surface area contributed by atoms with E-state index >= 15 is 0 Å². The highest BCUT2D eigenvalue weighted by atomic mass is 16.5. The molecule has 5 nitrogen and oxygen atoms in total. The number of rotatable bonds is 4. The highest BCUT2D eigenvalue weighted by molar-refractivity contribution is 5.98. The first-order chi connectivity index (χ1) is 7.06. The van der Waals surface area contributed by atoms with Gasteiger partial charge in [0.05, 0.1) is 0 Å². The van der Waals surface area contributed by atoms with Crippen molar-refractivity contribution < 1.29 is 19.1 Å². The maximum absolute atomic E-state index is 11.4. The number of carbonyl (C=O) groups is 1. The van der Waals surface area contributed by atoms with Crippen molar-refractivity contribution in [2.75, 3.05) is 13.2 Å². The van der Waals surface area contributed by atoms with Crippen molar-refractivity contribution >= 4 is 5.78 Å². The minimum Gasteiger partial charge on any atom is -0.507 e. The van der Waals surface area contributed by atoms with Gasteiger partial charge >= 0.3 is 5.63 Å². The maximum Gasteiger partial charge on any atom is 0.350 e. The average Bonchev–Trinajstić information content (AvgIpc) is 2.12. The lowest BCUT2D eigenvalue weighted by atomic mass is 10.2. The molecular formula is C10H12O5. The van der Waals surface area contributed by atoms with Crippen LogP contribution in [-0.2, 0) is 4.74 Å². The summed E-state index contributed by atoms with van der Waals surface area (Å²) >= 11 is 0. The zero-order valence-corrected chi connectivity index (χ0v) is 8.57. The van der Waals surface area contributed by atoms with Gasteiger partial charge in [0.1, 0.15) is 23.7 Å². The number of hydrogen-bond donors (Lipinski definition) is 1. The largest absolute Gasteiger partial charge is 0.507 e. The Morgan fingerprint density at radius 3 is 2.80 bits per heavy atom. The third-order valence-corrected chi connectivity index (χ3v) is 1.77. The fourth-order valence-corrected chi connectivity index (χ4v) is 1.12. The lowest BCUT2D eigenvalue weighted by molar-refractivity contribution is 0.0776. The molecule has 0 unspecified atom stereocenters. The minimum absolute atomic E-state index is 0.238. The second kappa shape index (κ2) is 4.75. The number of Topliss-reactive ketones (excluding diaryl/α,β-unsaturated/α-hetero) is 1. The van der Waals surface area contributed by atoms with Crippen molar-refractivity contribution in [1.82, 2.24) is 0 Å². The summed E-state index contributed by atoms with van der Waals surface area (Å²) < 4.78 is 9.55. The molecule has 0 aliphatic rings. The molecule has 0 fully saturated rings. The molecule has 0 atom stereocenters. The van der Waals surface area contributed by atoms with Gasteiger partial charge < -0.3 is 14.3 Å². The van der Waals surface area contributed by atoms with Gasteiger partial charge in [0, 0.05) is 12.7 Å². The quantitative estimate of drug-likeness (QED) is 0.749. The summed E-state index contributed by atoms with van der Waals surface area (Å²) in [7, 11) is 0. The van der Waals surface area contributed by atoms with Gasteiger partial charge in [-0.15, -0.1) is 0 Å². The van der Waals surface area contributed by atoms with Crippen LogP contribution >= 0.6 is 0 Å². The molecule has 0 saturated heterocycles. The second-order valence-electron chi connectivity index (χ2n) is 2.97. The third kappa shape index (κ3) is 2.66. The Balaban J connectivity index is 3.04. The van der Waals surface area contributed by atoms with E-state index in [1.807, 2.05) is 0 Å². The van der Waals surface area contributed by atoms with E-state index in [0.717, 1.165) is 0 Å². The van der Waals surface area contributed by atoms with E-state index in [2.05, 4.69) is 0 Å². The van der Waals surface area contributed by atoms with Gasteiger partial charge in [0.25, 0.3) is 0 Å². The van der Waals surface area contributed by atoms with E-state index in [0.29, 0.717) is 6.61 Å². The van der Waals surface area contributed by atoms with Gasteiger partial charge in [-0.3, -0.25) is 4.79 Å². The molecule has 5 heteroatoms. The van der Waals surface area contributed by atoms with Crippen molar-refractivity contribution in [2.24, 2.45) is 0 Å². The molecule has 0 aliphatic heterocycles. The van der Waals surface area contributed by atoms with E-state index in [1.54, 1.807) is 6.92 Å². The minimum atomic E-state index is -0.836. The summed E-state index contributed by atoms with van der Waals surface area (Å²) in [6, 6.07) is 1.22. The number of ketones is 1. The number of aryl methyl sites for hydroxylation is 1. The predicted octanol–water partition coefficient (Wildman–Crippen LogP) is 0.873. The Hall–Kier alpha value is -1.62. The number of aromatic hydroxyl groups is 1. The van der Waals surface area contributed by atoms with Gasteiger partial charge in [-0.1, -0.05) is 0 Å². The monoisotopic (exact) mass is 212 g/mol. The Kier molecular flexibility index (Phi) is 3.62. The smallest absolute Gasteiger partial charge is 0.350 e. The van der Waals surface area contributed by atoms with Crippen molar-refractivity contribution in [3.8, 4) is 5.75 Å². The van der Waals surface area contributed by atoms with Crippen molar-refractivity contribution in [3.05, 3.63) is 27.8 Å². The van der Waals surface area contributed by atoms with E-state index in [9.17, 15) is 14.7 Å².